The Kier molecular flexibility index (Phi) is 6.81. The van der Waals surface area contributed by atoms with Gasteiger partial charge in [0.2, 0.25) is 5.91 Å². The number of benzene rings is 1. The molecule has 2 rings (SSSR count). The lowest BCUT2D eigenvalue weighted by molar-refractivity contribution is -0.207. The average Bonchev–Trinajstić information content (AvgIpc) is 2.99. The number of carbonyl (C=O) groups is 2. The van der Waals surface area contributed by atoms with Crippen LogP contribution in [0.5, 0.6) is 0 Å². The van der Waals surface area contributed by atoms with Crippen LogP contribution < -0.4 is 10.6 Å². The topological polar surface area (TPSA) is 80.3 Å². The van der Waals surface area contributed by atoms with E-state index in [-0.39, 0.29) is 28.4 Å². The smallest absolute Gasteiger partial charge is 0.442 e. The lowest BCUT2D eigenvalue weighted by atomic mass is 10.1. The van der Waals surface area contributed by atoms with Crippen LogP contribution in [0.2, 0.25) is 0 Å². The fraction of sp³-hybridized carbons (Fsp3) is 0.471. The molecule has 154 valence electrons. The minimum absolute atomic E-state index is 0.194. The molecule has 1 heterocycles. The largest absolute Gasteiger partial charge is 0.463 e. The fourth-order valence-electron chi connectivity index (χ4n) is 2.35. The molecule has 11 heteroatoms. The Morgan fingerprint density at radius 3 is 2.57 bits per heavy atom. The van der Waals surface area contributed by atoms with Crippen LogP contribution in [0.3, 0.4) is 0 Å². The number of unbranched alkanes of at least 4 members (excludes halogenated alkanes) is 1. The molecule has 0 aliphatic carbocycles. The van der Waals surface area contributed by atoms with Crippen LogP contribution in [0.25, 0.3) is 10.2 Å². The normalized spacial score (nSPS) is 13.8. The predicted octanol–water partition coefficient (Wildman–Crippen LogP) is 3.98. The molecule has 0 aliphatic rings. The molecule has 28 heavy (non-hydrogen) atoms. The van der Waals surface area contributed by atoms with Gasteiger partial charge in [-0.1, -0.05) is 24.7 Å². The first-order valence-electron chi connectivity index (χ1n) is 8.52. The third-order valence-electron chi connectivity index (χ3n) is 3.74. The molecule has 1 amide bonds. The van der Waals surface area contributed by atoms with Crippen molar-refractivity contribution in [2.75, 3.05) is 11.9 Å². The molecule has 0 spiro atoms. The number of aromatic nitrogens is 1. The highest BCUT2D eigenvalue weighted by atomic mass is 32.1. The summed E-state index contributed by atoms with van der Waals surface area (Å²) in [6.07, 6.45) is -4.49. The first-order valence-corrected chi connectivity index (χ1v) is 9.33. The van der Waals surface area contributed by atoms with E-state index in [1.54, 1.807) is 12.2 Å². The summed E-state index contributed by atoms with van der Waals surface area (Å²) in [4.78, 5) is 28.3. The van der Waals surface area contributed by atoms with Gasteiger partial charge in [-0.05, 0) is 31.5 Å². The number of carbonyl (C=O) groups excluding carboxylic acids is 2. The maximum absolute atomic E-state index is 14.0. The molecule has 0 aliphatic heterocycles. The second-order valence-corrected chi connectivity index (χ2v) is 6.91. The Balaban J connectivity index is 2.47. The molecular formula is C17H19F4N3O3S. The number of amides is 1. The van der Waals surface area contributed by atoms with E-state index in [1.807, 2.05) is 5.32 Å². The number of fused-ring (bicyclic) bond motifs is 1. The number of thiazole rings is 1. The molecule has 0 bridgehead atoms. The lowest BCUT2D eigenvalue weighted by Gasteiger charge is -2.34. The van der Waals surface area contributed by atoms with E-state index in [9.17, 15) is 27.2 Å². The quantitative estimate of drug-likeness (QED) is 0.383. The number of ether oxygens (including phenoxy) is 1. The molecule has 6 nitrogen and oxygen atoms in total. The first kappa shape index (κ1) is 21.9. The number of hydrogen-bond donors (Lipinski definition) is 2. The summed E-state index contributed by atoms with van der Waals surface area (Å²) in [6.45, 7) is 2.79. The maximum atomic E-state index is 14.0. The Morgan fingerprint density at radius 2 is 1.96 bits per heavy atom. The van der Waals surface area contributed by atoms with Crippen molar-refractivity contribution >= 4 is 38.6 Å². The van der Waals surface area contributed by atoms with Crippen molar-refractivity contribution in [3.8, 4) is 0 Å². The number of alkyl halides is 3. The number of esters is 1. The summed E-state index contributed by atoms with van der Waals surface area (Å²) in [5.74, 6) is -3.26. The van der Waals surface area contributed by atoms with Crippen LogP contribution >= 0.6 is 11.3 Å². The Morgan fingerprint density at radius 1 is 1.25 bits per heavy atom. The SMILES string of the molecule is CCCCC(=O)N[C@@](Nc1nc2ccc(F)cc2s1)(C(=O)OCC)C(F)(F)F. The standard InChI is InChI=1S/C17H19F4N3O3S/c1-3-5-6-13(25)23-16(17(19,20)21,14(26)27-4-2)24-15-22-11-8-7-10(18)9-12(11)28-15/h7-9H,3-6H2,1-2H3,(H,22,24)(H,23,25)/t16-/m1/s1. The Hall–Kier alpha value is -2.43. The van der Waals surface area contributed by atoms with Crippen LogP contribution in [0.4, 0.5) is 22.7 Å². The van der Waals surface area contributed by atoms with Crippen molar-refractivity contribution in [2.45, 2.75) is 44.9 Å². The van der Waals surface area contributed by atoms with Crippen LogP contribution in [0, 0.1) is 5.82 Å². The molecular weight excluding hydrogens is 402 g/mol. The van der Waals surface area contributed by atoms with E-state index in [1.165, 1.54) is 13.0 Å². The summed E-state index contributed by atoms with van der Waals surface area (Å²) < 4.78 is 60.1. The number of halogens is 4. The van der Waals surface area contributed by atoms with Gasteiger partial charge in [0.1, 0.15) is 5.82 Å². The first-order chi connectivity index (χ1) is 13.1. The van der Waals surface area contributed by atoms with Crippen molar-refractivity contribution in [1.82, 2.24) is 10.3 Å². The third-order valence-corrected chi connectivity index (χ3v) is 4.67. The van der Waals surface area contributed by atoms with Gasteiger partial charge in [-0.2, -0.15) is 13.2 Å². The van der Waals surface area contributed by atoms with E-state index >= 15 is 0 Å². The van der Waals surface area contributed by atoms with E-state index in [0.717, 1.165) is 12.1 Å². The highest BCUT2D eigenvalue weighted by Gasteiger charge is 2.64. The monoisotopic (exact) mass is 421 g/mol. The van der Waals surface area contributed by atoms with E-state index < -0.39 is 29.5 Å². The van der Waals surface area contributed by atoms with Gasteiger partial charge >= 0.3 is 17.8 Å². The van der Waals surface area contributed by atoms with Crippen molar-refractivity contribution < 1.29 is 31.9 Å². The summed E-state index contributed by atoms with van der Waals surface area (Å²) in [7, 11) is 0. The predicted molar refractivity (Wildman–Crippen MR) is 96.3 cm³/mol. The lowest BCUT2D eigenvalue weighted by Crippen LogP contribution is -2.69. The number of anilines is 1. The summed E-state index contributed by atoms with van der Waals surface area (Å²) >= 11 is 0.714. The van der Waals surface area contributed by atoms with Gasteiger partial charge in [-0.15, -0.1) is 0 Å². The van der Waals surface area contributed by atoms with Gasteiger partial charge in [0.25, 0.3) is 0 Å². The molecule has 0 saturated carbocycles. The highest BCUT2D eigenvalue weighted by molar-refractivity contribution is 7.22. The van der Waals surface area contributed by atoms with Crippen LogP contribution in [0.1, 0.15) is 33.1 Å². The molecule has 1 atom stereocenters. The number of nitrogens with one attached hydrogen (secondary N) is 2. The highest BCUT2D eigenvalue weighted by Crippen LogP contribution is 2.36. The zero-order valence-electron chi connectivity index (χ0n) is 15.2. The second kappa shape index (κ2) is 8.72. The second-order valence-electron chi connectivity index (χ2n) is 5.88. The molecule has 0 radical (unpaired) electrons. The third kappa shape index (κ3) is 4.70. The fourth-order valence-corrected chi connectivity index (χ4v) is 3.30. The molecule has 0 unspecified atom stereocenters. The minimum Gasteiger partial charge on any atom is -0.463 e. The minimum atomic E-state index is -5.23. The van der Waals surface area contributed by atoms with Gasteiger partial charge in [-0.3, -0.25) is 4.79 Å². The van der Waals surface area contributed by atoms with Gasteiger partial charge in [0.15, 0.2) is 5.13 Å². The van der Waals surface area contributed by atoms with E-state index in [0.29, 0.717) is 24.2 Å². The molecule has 2 N–H and O–H groups in total. The van der Waals surface area contributed by atoms with Crippen LogP contribution in [0.15, 0.2) is 18.2 Å². The van der Waals surface area contributed by atoms with Crippen molar-refractivity contribution in [1.29, 1.82) is 0 Å². The van der Waals surface area contributed by atoms with Crippen molar-refractivity contribution in [3.63, 3.8) is 0 Å². The molecule has 0 fully saturated rings. The Bertz CT molecular complexity index is 856. The van der Waals surface area contributed by atoms with Gasteiger partial charge in [-0.25, -0.2) is 14.2 Å². The van der Waals surface area contributed by atoms with Gasteiger partial charge in [0, 0.05) is 6.42 Å². The summed E-state index contributed by atoms with van der Waals surface area (Å²) in [6, 6.07) is 3.52. The zero-order chi connectivity index (χ0) is 20.9. The van der Waals surface area contributed by atoms with Crippen LogP contribution in [-0.4, -0.2) is 35.3 Å². The number of rotatable bonds is 8. The van der Waals surface area contributed by atoms with Gasteiger partial charge in [0.05, 0.1) is 16.8 Å². The van der Waals surface area contributed by atoms with E-state index in [2.05, 4.69) is 9.72 Å². The zero-order valence-corrected chi connectivity index (χ0v) is 16.0. The molecule has 2 aromatic rings. The number of hydrogen-bond acceptors (Lipinski definition) is 6. The Labute approximate surface area is 162 Å². The van der Waals surface area contributed by atoms with Crippen molar-refractivity contribution in [2.24, 2.45) is 0 Å². The molecule has 1 aromatic carbocycles. The van der Waals surface area contributed by atoms with Gasteiger partial charge < -0.3 is 15.4 Å². The molecule has 0 saturated heterocycles. The summed E-state index contributed by atoms with van der Waals surface area (Å²) in [5.41, 5.74) is -3.27. The van der Waals surface area contributed by atoms with Crippen molar-refractivity contribution in [3.05, 3.63) is 24.0 Å². The average molecular weight is 421 g/mol. The maximum Gasteiger partial charge on any atom is 0.442 e. The molecule has 1 aromatic heterocycles. The van der Waals surface area contributed by atoms with E-state index in [4.69, 9.17) is 0 Å². The van der Waals surface area contributed by atoms with Crippen LogP contribution in [-0.2, 0) is 14.3 Å². The number of nitrogens with zero attached hydrogens (tertiary/aromatic N) is 1. The summed E-state index contributed by atoms with van der Waals surface area (Å²) in [5, 5.41) is 3.41.